The molecule has 2 aromatic heterocycles. The van der Waals surface area contributed by atoms with Crippen molar-refractivity contribution in [3.63, 3.8) is 0 Å². The van der Waals surface area contributed by atoms with Crippen molar-refractivity contribution in [1.29, 1.82) is 0 Å². The lowest BCUT2D eigenvalue weighted by Gasteiger charge is -2.08. The maximum Gasteiger partial charge on any atom is 0.248 e. The van der Waals surface area contributed by atoms with Gasteiger partial charge in [0, 0.05) is 22.9 Å². The van der Waals surface area contributed by atoms with Crippen molar-refractivity contribution < 1.29 is 18.4 Å². The third-order valence-corrected chi connectivity index (χ3v) is 4.38. The number of halogens is 1. The molecule has 0 fully saturated rings. The fraction of sp³-hybridized carbons (Fsp3) is 0.0500. The minimum atomic E-state index is -0.300. The van der Waals surface area contributed by atoms with Crippen molar-refractivity contribution in [3.8, 4) is 5.75 Å². The van der Waals surface area contributed by atoms with Crippen LogP contribution in [-0.2, 0) is 4.79 Å². The van der Waals surface area contributed by atoms with Gasteiger partial charge < -0.3 is 18.9 Å². The van der Waals surface area contributed by atoms with Crippen molar-refractivity contribution in [2.24, 2.45) is 0 Å². The lowest BCUT2D eigenvalue weighted by atomic mass is 10.1. The number of hydrogen-bond donors (Lipinski definition) is 1. The summed E-state index contributed by atoms with van der Waals surface area (Å²) in [5, 5.41) is 4.75. The van der Waals surface area contributed by atoms with Gasteiger partial charge in [-0.25, -0.2) is 0 Å². The summed E-state index contributed by atoms with van der Waals surface area (Å²) in [6.07, 6.45) is 2.99. The molecule has 2 heterocycles. The lowest BCUT2D eigenvalue weighted by Crippen LogP contribution is -2.08. The Hall–Kier alpha value is -2.99. The molecule has 5 nitrogen and oxygen atoms in total. The second-order valence-electron chi connectivity index (χ2n) is 5.61. The SMILES string of the molecule is COc1cc2c(cc1NC(=O)/C=C/c1ccc(Br)o1)oc1ccccc12. The third-order valence-electron chi connectivity index (χ3n) is 3.95. The lowest BCUT2D eigenvalue weighted by molar-refractivity contribution is -0.111. The standard InChI is InChI=1S/C20H14BrNO4/c1-24-18-10-14-13-4-2-3-5-16(13)26-17(14)11-15(18)22-20(23)9-7-12-6-8-19(21)25-12/h2-11H,1H3,(H,22,23)/b9-7+. The van der Waals surface area contributed by atoms with Crippen LogP contribution in [0, 0.1) is 0 Å². The van der Waals surface area contributed by atoms with E-state index in [-0.39, 0.29) is 5.91 Å². The molecule has 1 amide bonds. The first-order valence-electron chi connectivity index (χ1n) is 7.88. The van der Waals surface area contributed by atoms with Crippen LogP contribution in [0.15, 0.2) is 68.1 Å². The average molecular weight is 412 g/mol. The van der Waals surface area contributed by atoms with Crippen molar-refractivity contribution in [2.75, 3.05) is 12.4 Å². The molecule has 0 aliphatic carbocycles. The molecule has 0 saturated heterocycles. The zero-order chi connectivity index (χ0) is 18.1. The Labute approximate surface area is 157 Å². The fourth-order valence-corrected chi connectivity index (χ4v) is 3.09. The van der Waals surface area contributed by atoms with Crippen LogP contribution >= 0.6 is 15.9 Å². The molecule has 0 aliphatic heterocycles. The first-order valence-corrected chi connectivity index (χ1v) is 8.67. The van der Waals surface area contributed by atoms with Gasteiger partial charge in [-0.15, -0.1) is 0 Å². The topological polar surface area (TPSA) is 64.6 Å². The number of ether oxygens (including phenoxy) is 1. The number of benzene rings is 2. The number of hydrogen-bond acceptors (Lipinski definition) is 4. The quantitative estimate of drug-likeness (QED) is 0.443. The molecule has 0 unspecified atom stereocenters. The van der Waals surface area contributed by atoms with E-state index in [0.717, 1.165) is 16.4 Å². The van der Waals surface area contributed by atoms with E-state index in [9.17, 15) is 4.79 Å². The number of amides is 1. The van der Waals surface area contributed by atoms with Crippen molar-refractivity contribution in [3.05, 3.63) is 65.0 Å². The van der Waals surface area contributed by atoms with E-state index >= 15 is 0 Å². The molecule has 1 N–H and O–H groups in total. The summed E-state index contributed by atoms with van der Waals surface area (Å²) >= 11 is 3.22. The van der Waals surface area contributed by atoms with E-state index in [1.54, 1.807) is 31.4 Å². The van der Waals surface area contributed by atoms with Crippen LogP contribution in [0.5, 0.6) is 5.75 Å². The van der Waals surface area contributed by atoms with E-state index < -0.39 is 0 Å². The van der Waals surface area contributed by atoms with Crippen LogP contribution in [0.4, 0.5) is 5.69 Å². The van der Waals surface area contributed by atoms with Crippen LogP contribution in [-0.4, -0.2) is 13.0 Å². The Balaban J connectivity index is 1.65. The predicted molar refractivity (Wildman–Crippen MR) is 104 cm³/mol. The molecule has 0 aliphatic rings. The van der Waals surface area contributed by atoms with Crippen LogP contribution < -0.4 is 10.1 Å². The smallest absolute Gasteiger partial charge is 0.248 e. The monoisotopic (exact) mass is 411 g/mol. The molecule has 4 rings (SSSR count). The van der Waals surface area contributed by atoms with Gasteiger partial charge in [-0.3, -0.25) is 4.79 Å². The molecule has 6 heteroatoms. The zero-order valence-corrected chi connectivity index (χ0v) is 15.4. The first kappa shape index (κ1) is 16.5. The van der Waals surface area contributed by atoms with Crippen LogP contribution in [0.25, 0.3) is 28.0 Å². The molecule has 0 bridgehead atoms. The Kier molecular flexibility index (Phi) is 4.26. The Morgan fingerprint density at radius 3 is 2.69 bits per heavy atom. The molecular formula is C20H14BrNO4. The first-order chi connectivity index (χ1) is 12.6. The highest BCUT2D eigenvalue weighted by molar-refractivity contribution is 9.10. The van der Waals surface area contributed by atoms with Gasteiger partial charge in [0.05, 0.1) is 12.8 Å². The maximum absolute atomic E-state index is 12.2. The summed E-state index contributed by atoms with van der Waals surface area (Å²) in [4.78, 5) is 12.2. The van der Waals surface area contributed by atoms with Gasteiger partial charge in [-0.2, -0.15) is 0 Å². The fourth-order valence-electron chi connectivity index (χ4n) is 2.77. The van der Waals surface area contributed by atoms with Gasteiger partial charge >= 0.3 is 0 Å². The number of furan rings is 2. The summed E-state index contributed by atoms with van der Waals surface area (Å²) < 4.78 is 17.2. The summed E-state index contributed by atoms with van der Waals surface area (Å²) in [5.74, 6) is 0.838. The number of anilines is 1. The molecule has 0 radical (unpaired) electrons. The molecule has 130 valence electrons. The minimum absolute atomic E-state index is 0.300. The van der Waals surface area contributed by atoms with Crippen molar-refractivity contribution >= 4 is 55.5 Å². The minimum Gasteiger partial charge on any atom is -0.495 e. The van der Waals surface area contributed by atoms with Crippen molar-refractivity contribution in [2.45, 2.75) is 0 Å². The second-order valence-corrected chi connectivity index (χ2v) is 6.39. The molecule has 0 saturated carbocycles. The number of carbonyl (C=O) groups is 1. The predicted octanol–water partition coefficient (Wildman–Crippen LogP) is 5.60. The number of para-hydroxylation sites is 1. The number of rotatable bonds is 4. The number of carbonyl (C=O) groups excluding carboxylic acids is 1. The van der Waals surface area contributed by atoms with Gasteiger partial charge in [0.2, 0.25) is 5.91 Å². The van der Waals surface area contributed by atoms with Crippen LogP contribution in [0.2, 0.25) is 0 Å². The third kappa shape index (κ3) is 3.11. The van der Waals surface area contributed by atoms with E-state index in [1.165, 1.54) is 6.08 Å². The highest BCUT2D eigenvalue weighted by atomic mass is 79.9. The molecule has 26 heavy (non-hydrogen) atoms. The van der Waals surface area contributed by atoms with Gasteiger partial charge in [0.15, 0.2) is 4.67 Å². The Morgan fingerprint density at radius 2 is 1.92 bits per heavy atom. The molecule has 4 aromatic rings. The van der Waals surface area contributed by atoms with Gasteiger partial charge in [0.25, 0.3) is 0 Å². The highest BCUT2D eigenvalue weighted by Crippen LogP contribution is 2.36. The van der Waals surface area contributed by atoms with E-state index in [4.69, 9.17) is 13.6 Å². The average Bonchev–Trinajstić information content (AvgIpc) is 3.22. The normalized spacial score (nSPS) is 11.5. The Morgan fingerprint density at radius 1 is 1.08 bits per heavy atom. The molecular weight excluding hydrogens is 398 g/mol. The summed E-state index contributed by atoms with van der Waals surface area (Å²) in [5.41, 5.74) is 2.01. The maximum atomic E-state index is 12.2. The molecule has 0 spiro atoms. The van der Waals surface area contributed by atoms with E-state index in [1.807, 2.05) is 30.3 Å². The van der Waals surface area contributed by atoms with E-state index in [0.29, 0.717) is 27.4 Å². The number of methoxy groups -OCH3 is 1. The molecule has 2 aromatic carbocycles. The molecule has 0 atom stereocenters. The summed E-state index contributed by atoms with van der Waals surface area (Å²) in [6.45, 7) is 0. The largest absolute Gasteiger partial charge is 0.495 e. The van der Waals surface area contributed by atoms with Crippen LogP contribution in [0.1, 0.15) is 5.76 Å². The van der Waals surface area contributed by atoms with Crippen molar-refractivity contribution in [1.82, 2.24) is 0 Å². The zero-order valence-electron chi connectivity index (χ0n) is 13.8. The Bertz CT molecular complexity index is 1140. The number of fused-ring (bicyclic) bond motifs is 3. The summed E-state index contributed by atoms with van der Waals surface area (Å²) in [6, 6.07) is 14.9. The second kappa shape index (κ2) is 6.72. The van der Waals surface area contributed by atoms with E-state index in [2.05, 4.69) is 21.2 Å². The number of nitrogens with one attached hydrogen (secondary N) is 1. The van der Waals surface area contributed by atoms with Crippen LogP contribution in [0.3, 0.4) is 0 Å². The highest BCUT2D eigenvalue weighted by Gasteiger charge is 2.13. The van der Waals surface area contributed by atoms with Gasteiger partial charge in [-0.1, -0.05) is 18.2 Å². The van der Waals surface area contributed by atoms with Gasteiger partial charge in [0.1, 0.15) is 22.7 Å². The van der Waals surface area contributed by atoms with Gasteiger partial charge in [-0.05, 0) is 46.3 Å². The summed E-state index contributed by atoms with van der Waals surface area (Å²) in [7, 11) is 1.56.